The monoisotopic (exact) mass is 579 g/mol. The molecule has 0 unspecified atom stereocenters. The molecule has 0 atom stereocenters. The van der Waals surface area contributed by atoms with Crippen molar-refractivity contribution in [2.75, 3.05) is 28.4 Å². The molecular formula is C28H28B5O10-. The molecule has 4 aromatic carbocycles. The Bertz CT molecular complexity index is 1260. The number of benzene rings is 4. The summed E-state index contributed by atoms with van der Waals surface area (Å²) in [5.41, 5.74) is 2.85. The minimum atomic E-state index is -2.93. The molecule has 2 heterocycles. The van der Waals surface area contributed by atoms with Gasteiger partial charge in [-0.3, -0.25) is 0 Å². The summed E-state index contributed by atoms with van der Waals surface area (Å²) in [7, 11) is 2.76. The highest BCUT2D eigenvalue weighted by Crippen LogP contribution is 2.28. The minimum Gasteiger partial charge on any atom is -0.561 e. The Morgan fingerprint density at radius 2 is 0.581 bits per heavy atom. The van der Waals surface area contributed by atoms with Crippen molar-refractivity contribution in [1.82, 2.24) is 0 Å². The lowest BCUT2D eigenvalue weighted by molar-refractivity contribution is 0.0871. The fourth-order valence-corrected chi connectivity index (χ4v) is 4.82. The van der Waals surface area contributed by atoms with Gasteiger partial charge in [0, 0.05) is 0 Å². The Morgan fingerprint density at radius 3 is 0.767 bits per heavy atom. The number of rotatable bonds is 8. The van der Waals surface area contributed by atoms with Crippen molar-refractivity contribution in [2.45, 2.75) is 0 Å². The molecule has 0 radical (unpaired) electrons. The summed E-state index contributed by atoms with van der Waals surface area (Å²) >= 11 is 0. The van der Waals surface area contributed by atoms with E-state index in [2.05, 4.69) is 0 Å². The Labute approximate surface area is 252 Å². The summed E-state index contributed by atoms with van der Waals surface area (Å²) in [6.45, 7) is -2.93. The van der Waals surface area contributed by atoms with Gasteiger partial charge in [-0.1, -0.05) is 48.5 Å². The van der Waals surface area contributed by atoms with E-state index in [0.29, 0.717) is 44.8 Å². The first-order chi connectivity index (χ1) is 21.0. The van der Waals surface area contributed by atoms with Gasteiger partial charge in [-0.05, 0) is 70.4 Å². The maximum absolute atomic E-state index is 6.44. The van der Waals surface area contributed by atoms with Crippen LogP contribution in [0.2, 0.25) is 0 Å². The van der Waals surface area contributed by atoms with Gasteiger partial charge >= 0.3 is 35.4 Å². The van der Waals surface area contributed by atoms with E-state index in [1.807, 2.05) is 97.1 Å². The quantitative estimate of drug-likeness (QED) is 0.284. The number of methoxy groups -OCH3 is 4. The summed E-state index contributed by atoms with van der Waals surface area (Å²) in [6, 6.07) is 29.4. The molecule has 0 N–H and O–H groups in total. The lowest BCUT2D eigenvalue weighted by atomic mass is 9.61. The van der Waals surface area contributed by atoms with Crippen LogP contribution in [0.1, 0.15) is 0 Å². The van der Waals surface area contributed by atoms with Crippen LogP contribution in [0.15, 0.2) is 97.1 Å². The predicted molar refractivity (Wildman–Crippen MR) is 166 cm³/mol. The molecule has 2 aliphatic heterocycles. The second kappa shape index (κ2) is 12.8. The molecule has 216 valence electrons. The summed E-state index contributed by atoms with van der Waals surface area (Å²) in [6.07, 6.45) is 0. The van der Waals surface area contributed by atoms with Crippen LogP contribution < -0.4 is 40.8 Å². The Hall–Kier alpha value is -3.84. The van der Waals surface area contributed by atoms with Gasteiger partial charge in [0.05, 0.1) is 28.4 Å². The Morgan fingerprint density at radius 1 is 0.372 bits per heavy atom. The highest BCUT2D eigenvalue weighted by atomic mass is 16.9. The molecule has 2 aliphatic rings. The van der Waals surface area contributed by atoms with Crippen LogP contribution in [-0.2, 0) is 27.4 Å². The summed E-state index contributed by atoms with van der Waals surface area (Å²) in [4.78, 5) is 0. The minimum absolute atomic E-state index is 0.695. The van der Waals surface area contributed by atoms with E-state index >= 15 is 0 Å². The first-order valence-corrected chi connectivity index (χ1v) is 13.7. The van der Waals surface area contributed by atoms with Crippen LogP contribution in [0.25, 0.3) is 0 Å². The highest BCUT2D eigenvalue weighted by Gasteiger charge is 2.54. The average molecular weight is 579 g/mol. The predicted octanol–water partition coefficient (Wildman–Crippen LogP) is 1.16. The maximum Gasteiger partial charge on any atom is 0.481 e. The first kappa shape index (κ1) is 29.2. The molecule has 2 saturated heterocycles. The lowest BCUT2D eigenvalue weighted by Gasteiger charge is -2.54. The first-order valence-electron chi connectivity index (χ1n) is 13.7. The zero-order valence-electron chi connectivity index (χ0n) is 24.2. The summed E-state index contributed by atoms with van der Waals surface area (Å²) in [5, 5.41) is 0. The van der Waals surface area contributed by atoms with Crippen LogP contribution in [0.5, 0.6) is 23.0 Å². The molecule has 0 saturated carbocycles. The van der Waals surface area contributed by atoms with Crippen molar-refractivity contribution < 1.29 is 46.4 Å². The molecular weight excluding hydrogens is 550 g/mol. The van der Waals surface area contributed by atoms with Crippen LogP contribution in [0.3, 0.4) is 0 Å². The van der Waals surface area contributed by atoms with E-state index in [1.54, 1.807) is 28.4 Å². The van der Waals surface area contributed by atoms with Gasteiger partial charge < -0.3 is 46.4 Å². The van der Waals surface area contributed by atoms with Crippen molar-refractivity contribution >= 4 is 57.3 Å². The van der Waals surface area contributed by atoms with E-state index in [9.17, 15) is 0 Å². The van der Waals surface area contributed by atoms with E-state index in [0.717, 1.165) is 0 Å². The van der Waals surface area contributed by atoms with Gasteiger partial charge in [0.1, 0.15) is 23.0 Å². The molecule has 0 bridgehead atoms. The third-order valence-corrected chi connectivity index (χ3v) is 7.21. The average Bonchev–Trinajstić information content (AvgIpc) is 3.08. The van der Waals surface area contributed by atoms with Crippen molar-refractivity contribution in [3.8, 4) is 23.0 Å². The van der Waals surface area contributed by atoms with Crippen molar-refractivity contribution in [3.05, 3.63) is 97.1 Å². The topological polar surface area (TPSA) is 92.3 Å². The van der Waals surface area contributed by atoms with Crippen molar-refractivity contribution in [3.63, 3.8) is 0 Å². The molecule has 0 aliphatic carbocycles. The molecule has 43 heavy (non-hydrogen) atoms. The number of ether oxygens (including phenoxy) is 4. The van der Waals surface area contributed by atoms with Gasteiger partial charge in [-0.15, -0.1) is 0 Å². The Kier molecular flexibility index (Phi) is 8.71. The van der Waals surface area contributed by atoms with Crippen LogP contribution >= 0.6 is 0 Å². The van der Waals surface area contributed by atoms with E-state index < -0.39 is 35.4 Å². The van der Waals surface area contributed by atoms with Gasteiger partial charge in [0.2, 0.25) is 0 Å². The SMILES string of the molecule is COc1ccc(B2OB(c3ccc(OC)cc3)O[B-]3(O2)OB(c2ccc(OC)cc2)OB(c2ccc(OC)cc2)O3)cc1. The molecule has 0 aromatic heterocycles. The number of hydrogen-bond donors (Lipinski definition) is 0. The normalized spacial score (nSPS) is 16.3. The molecule has 0 amide bonds. The highest BCUT2D eigenvalue weighted by molar-refractivity contribution is 6.93. The molecule has 2 fully saturated rings. The molecule has 6 rings (SSSR count). The molecule has 10 nitrogen and oxygen atoms in total. The second-order valence-electron chi connectivity index (χ2n) is 9.81. The van der Waals surface area contributed by atoms with Crippen molar-refractivity contribution in [2.24, 2.45) is 0 Å². The summed E-state index contributed by atoms with van der Waals surface area (Å²) < 4.78 is 59.8. The number of hydrogen-bond acceptors (Lipinski definition) is 10. The summed E-state index contributed by atoms with van der Waals surface area (Å²) in [5.74, 6) is 2.78. The largest absolute Gasteiger partial charge is 0.561 e. The van der Waals surface area contributed by atoms with E-state index in [1.165, 1.54) is 0 Å². The van der Waals surface area contributed by atoms with Crippen molar-refractivity contribution in [1.29, 1.82) is 0 Å². The fourth-order valence-electron chi connectivity index (χ4n) is 4.82. The third kappa shape index (κ3) is 6.42. The maximum atomic E-state index is 6.44. The van der Waals surface area contributed by atoms with E-state index in [-0.39, 0.29) is 0 Å². The zero-order valence-corrected chi connectivity index (χ0v) is 24.2. The van der Waals surface area contributed by atoms with Crippen LogP contribution in [-0.4, -0.2) is 63.9 Å². The smallest absolute Gasteiger partial charge is 0.481 e. The second-order valence-corrected chi connectivity index (χ2v) is 9.81. The standard InChI is InChI=1S/C28H28B5O10/c1-34-25-13-5-21(6-14-25)29-38-30(22-7-15-26(35-2)16-8-22)41-33(40-29)42-31(23-9-17-27(36-3)18-10-23)39-32(43-33)24-11-19-28(37-4)20-12-24/h5-20H,1-4H3/q-1. The molecule has 4 aromatic rings. The zero-order chi connectivity index (χ0) is 29.8. The van der Waals surface area contributed by atoms with Crippen LogP contribution in [0.4, 0.5) is 0 Å². The van der Waals surface area contributed by atoms with Gasteiger partial charge in [0.25, 0.3) is 0 Å². The van der Waals surface area contributed by atoms with Gasteiger partial charge in [0.15, 0.2) is 0 Å². The van der Waals surface area contributed by atoms with Gasteiger partial charge in [-0.2, -0.15) is 0 Å². The molecule has 15 heteroatoms. The Balaban J connectivity index is 1.40. The third-order valence-electron chi connectivity index (χ3n) is 7.21. The van der Waals surface area contributed by atoms with Gasteiger partial charge in [-0.25, -0.2) is 0 Å². The lowest BCUT2D eigenvalue weighted by Crippen LogP contribution is -2.74. The fraction of sp³-hybridized carbons (Fsp3) is 0.143. The van der Waals surface area contributed by atoms with Crippen LogP contribution in [0, 0.1) is 0 Å². The van der Waals surface area contributed by atoms with E-state index in [4.69, 9.17) is 46.4 Å². The molecule has 1 spiro atoms.